The number of hydrogen-bond acceptors (Lipinski definition) is 8. The Morgan fingerprint density at radius 1 is 1.08 bits per heavy atom. The van der Waals surface area contributed by atoms with Gasteiger partial charge >= 0.3 is 0 Å². The van der Waals surface area contributed by atoms with Crippen molar-refractivity contribution in [1.29, 1.82) is 0 Å². The number of aromatic nitrogens is 1. The fourth-order valence-corrected chi connectivity index (χ4v) is 5.30. The van der Waals surface area contributed by atoms with Crippen LogP contribution in [0.15, 0.2) is 48.5 Å². The number of anilines is 2. The van der Waals surface area contributed by atoms with Crippen LogP contribution in [0.2, 0.25) is 0 Å². The van der Waals surface area contributed by atoms with Crippen LogP contribution in [0.1, 0.15) is 29.8 Å². The summed E-state index contributed by atoms with van der Waals surface area (Å²) >= 11 is 2.19. The van der Waals surface area contributed by atoms with Crippen molar-refractivity contribution < 1.29 is 28.3 Å². The summed E-state index contributed by atoms with van der Waals surface area (Å²) < 4.78 is 28.5. The van der Waals surface area contributed by atoms with E-state index in [1.807, 2.05) is 45.0 Å². The molecule has 2 aliphatic heterocycles. The fraction of sp³-hybridized carbons (Fsp3) is 0.357. The Bertz CT molecular complexity index is 1350. The lowest BCUT2D eigenvalue weighted by Gasteiger charge is -2.28. The number of hydrogen-bond donors (Lipinski definition) is 1. The van der Waals surface area contributed by atoms with Crippen LogP contribution in [0.25, 0.3) is 11.1 Å². The minimum absolute atomic E-state index is 0.232. The van der Waals surface area contributed by atoms with E-state index >= 15 is 0 Å². The van der Waals surface area contributed by atoms with Crippen molar-refractivity contribution >= 4 is 45.9 Å². The zero-order valence-corrected chi connectivity index (χ0v) is 25.2. The van der Waals surface area contributed by atoms with Gasteiger partial charge in [0.15, 0.2) is 11.5 Å². The van der Waals surface area contributed by atoms with E-state index in [9.17, 15) is 4.79 Å². The summed E-state index contributed by atoms with van der Waals surface area (Å²) in [4.78, 5) is 20.1. The Balaban J connectivity index is 1.40. The van der Waals surface area contributed by atoms with Gasteiger partial charge < -0.3 is 33.7 Å². The molecule has 39 heavy (non-hydrogen) atoms. The second kappa shape index (κ2) is 12.2. The van der Waals surface area contributed by atoms with Crippen LogP contribution in [0.5, 0.6) is 17.4 Å². The van der Waals surface area contributed by atoms with E-state index in [1.165, 1.54) is 0 Å². The lowest BCUT2D eigenvalue weighted by molar-refractivity contribution is -0.0431. The van der Waals surface area contributed by atoms with Gasteiger partial charge in [-0.05, 0) is 82.1 Å². The van der Waals surface area contributed by atoms with Crippen LogP contribution in [0.4, 0.5) is 11.5 Å². The van der Waals surface area contributed by atoms with E-state index in [1.54, 1.807) is 18.2 Å². The smallest absolute Gasteiger partial charge is 0.255 e. The van der Waals surface area contributed by atoms with Gasteiger partial charge in [0, 0.05) is 44.3 Å². The highest BCUT2D eigenvalue weighted by molar-refractivity contribution is 14.2. The number of halogens is 1. The minimum Gasteiger partial charge on any atom is -0.475 e. The number of carbonyl (C=O) groups is 1. The Morgan fingerprint density at radius 2 is 1.87 bits per heavy atom. The topological polar surface area (TPSA) is 91.4 Å². The Morgan fingerprint density at radius 3 is 2.67 bits per heavy atom. The van der Waals surface area contributed by atoms with Crippen molar-refractivity contribution in [2.75, 3.05) is 49.7 Å². The maximum absolute atomic E-state index is 13.1. The Kier molecular flexibility index (Phi) is 8.76. The summed E-state index contributed by atoms with van der Waals surface area (Å²) in [6.07, 6.45) is 0. The molecule has 1 amide bonds. The summed E-state index contributed by atoms with van der Waals surface area (Å²) in [5.74, 6) is 1.57. The van der Waals surface area contributed by atoms with Gasteiger partial charge in [-0.15, -0.1) is 0 Å². The van der Waals surface area contributed by atoms with Crippen LogP contribution >= 0.6 is 28.5 Å². The van der Waals surface area contributed by atoms with Crippen molar-refractivity contribution in [3.8, 4) is 28.5 Å². The molecule has 1 unspecified atom stereocenters. The van der Waals surface area contributed by atoms with Crippen LogP contribution in [-0.4, -0.2) is 56.2 Å². The minimum atomic E-state index is -0.750. The highest BCUT2D eigenvalue weighted by atomic mass is 127. The first-order valence-electron chi connectivity index (χ1n) is 12.7. The standard InChI is InChI=1S/C28H31IN3O6P/c1-18-4-6-21(30-27(33)19-5-7-23-24(14-19)38-28(2,3)37-23)17-22(18)20-15-25(32-8-10-34-11-9-32)31-26(16-20)35-12-13-36-39-29/h4-7,14-17,39H,8-13H2,1-3H3,(H,30,33). The molecule has 1 saturated heterocycles. The van der Waals surface area contributed by atoms with E-state index in [-0.39, 0.29) is 5.91 Å². The molecule has 3 aromatic rings. The van der Waals surface area contributed by atoms with Gasteiger partial charge in [-0.2, -0.15) is 4.98 Å². The third-order valence-corrected chi connectivity index (χ3v) is 7.58. The van der Waals surface area contributed by atoms with Gasteiger partial charge in [-0.1, -0.05) is 6.07 Å². The summed E-state index contributed by atoms with van der Waals surface area (Å²) in [7, 11) is 0. The number of pyridine rings is 1. The largest absolute Gasteiger partial charge is 0.475 e. The van der Waals surface area contributed by atoms with Gasteiger partial charge in [0.05, 0.1) is 26.3 Å². The molecule has 9 nitrogen and oxygen atoms in total. The Labute approximate surface area is 242 Å². The highest BCUT2D eigenvalue weighted by Crippen LogP contribution is 2.40. The zero-order chi connectivity index (χ0) is 27.4. The number of nitrogens with one attached hydrogen (secondary N) is 1. The van der Waals surface area contributed by atoms with Crippen LogP contribution in [0.3, 0.4) is 0 Å². The van der Waals surface area contributed by atoms with E-state index in [4.69, 9.17) is 28.5 Å². The first kappa shape index (κ1) is 27.9. The molecule has 1 atom stereocenters. The number of aryl methyl sites for hydroxylation is 1. The van der Waals surface area contributed by atoms with Gasteiger partial charge in [0.25, 0.3) is 5.91 Å². The molecule has 206 valence electrons. The normalized spacial score (nSPS) is 16.1. The van der Waals surface area contributed by atoms with Gasteiger partial charge in [0.2, 0.25) is 11.7 Å². The van der Waals surface area contributed by atoms with Crippen molar-refractivity contribution in [2.24, 2.45) is 0 Å². The van der Waals surface area contributed by atoms with Gasteiger partial charge in [-0.25, -0.2) is 0 Å². The lowest BCUT2D eigenvalue weighted by atomic mass is 10.00. The molecule has 0 radical (unpaired) electrons. The third-order valence-electron chi connectivity index (χ3n) is 6.34. The number of rotatable bonds is 9. The number of ether oxygens (including phenoxy) is 4. The summed E-state index contributed by atoms with van der Waals surface area (Å²) in [6.45, 7) is 9.84. The van der Waals surface area contributed by atoms with Crippen LogP contribution in [-0.2, 0) is 9.26 Å². The van der Waals surface area contributed by atoms with E-state index in [2.05, 4.69) is 38.3 Å². The molecule has 2 aliphatic rings. The maximum atomic E-state index is 13.1. The molecule has 0 aliphatic carbocycles. The molecule has 2 aromatic carbocycles. The molecule has 1 N–H and O–H groups in total. The van der Waals surface area contributed by atoms with Gasteiger partial charge in [-0.3, -0.25) is 4.79 Å². The van der Waals surface area contributed by atoms with Crippen molar-refractivity contribution in [3.05, 3.63) is 59.7 Å². The fourth-order valence-electron chi connectivity index (χ4n) is 4.48. The summed E-state index contributed by atoms with van der Waals surface area (Å²) in [6, 6.07) is 15.1. The van der Waals surface area contributed by atoms with Gasteiger partial charge in [0.1, 0.15) is 12.4 Å². The summed E-state index contributed by atoms with van der Waals surface area (Å²) in [5, 5.41) is 3.02. The summed E-state index contributed by atoms with van der Waals surface area (Å²) in [5.41, 5.74) is 4.17. The van der Waals surface area contributed by atoms with Crippen LogP contribution in [0, 0.1) is 6.92 Å². The molecule has 1 fully saturated rings. The molecule has 0 bridgehead atoms. The average Bonchev–Trinajstić information content (AvgIpc) is 3.25. The number of amides is 1. The number of carbonyl (C=O) groups excluding carboxylic acids is 1. The monoisotopic (exact) mass is 663 g/mol. The molecular weight excluding hydrogens is 632 g/mol. The van der Waals surface area contributed by atoms with E-state index in [0.717, 1.165) is 35.6 Å². The zero-order valence-electron chi connectivity index (χ0n) is 22.1. The number of fused-ring (bicyclic) bond motifs is 1. The quantitative estimate of drug-likeness (QED) is 0.170. The SMILES string of the molecule is Cc1ccc(NC(=O)c2ccc3c(c2)OC(C)(C)O3)cc1-c1cc(OCCOPI)nc(N2CCOCC2)c1. The highest BCUT2D eigenvalue weighted by Gasteiger charge is 2.32. The first-order valence-corrected chi connectivity index (χ1v) is 16.7. The second-order valence-corrected chi connectivity index (χ2v) is 11.4. The molecule has 0 saturated carbocycles. The van der Waals surface area contributed by atoms with Crippen molar-refractivity contribution in [2.45, 2.75) is 26.6 Å². The van der Waals surface area contributed by atoms with Crippen LogP contribution < -0.4 is 24.4 Å². The van der Waals surface area contributed by atoms with Crippen molar-refractivity contribution in [1.82, 2.24) is 4.98 Å². The first-order chi connectivity index (χ1) is 18.8. The maximum Gasteiger partial charge on any atom is 0.255 e. The number of morpholine rings is 1. The molecule has 0 spiro atoms. The molecule has 11 heteroatoms. The molecular formula is C28H31IN3O6P. The van der Waals surface area contributed by atoms with E-state index in [0.29, 0.717) is 61.5 Å². The number of benzene rings is 2. The molecule has 3 heterocycles. The van der Waals surface area contributed by atoms with E-state index < -0.39 is 5.79 Å². The number of nitrogens with zero attached hydrogens (tertiary/aromatic N) is 2. The average molecular weight is 663 g/mol. The second-order valence-electron chi connectivity index (χ2n) is 9.68. The third kappa shape index (κ3) is 6.92. The lowest BCUT2D eigenvalue weighted by Crippen LogP contribution is -2.36. The molecule has 1 aromatic heterocycles. The predicted molar refractivity (Wildman–Crippen MR) is 161 cm³/mol. The van der Waals surface area contributed by atoms with Crippen molar-refractivity contribution in [3.63, 3.8) is 0 Å². The Hall–Kier alpha value is -2.66. The predicted octanol–water partition coefficient (Wildman–Crippen LogP) is 5.99. The molecule has 5 rings (SSSR count).